The first kappa shape index (κ1) is 11.5. The number of fused-ring (bicyclic) bond motifs is 1. The van der Waals surface area contributed by atoms with Gasteiger partial charge in [0, 0.05) is 13.1 Å². The van der Waals surface area contributed by atoms with Gasteiger partial charge in [0.05, 0.1) is 18.2 Å². The van der Waals surface area contributed by atoms with Crippen LogP contribution in [0.3, 0.4) is 0 Å². The second-order valence-electron chi connectivity index (χ2n) is 4.85. The highest BCUT2D eigenvalue weighted by atomic mass is 16.5. The van der Waals surface area contributed by atoms with Gasteiger partial charge in [-0.1, -0.05) is 12.1 Å². The molecule has 0 aromatic heterocycles. The molecule has 4 nitrogen and oxygen atoms in total. The molecule has 2 aliphatic heterocycles. The lowest BCUT2D eigenvalue weighted by molar-refractivity contribution is -0.121. The molecule has 0 bridgehead atoms. The summed E-state index contributed by atoms with van der Waals surface area (Å²) in [6.45, 7) is 3.19. The van der Waals surface area contributed by atoms with Gasteiger partial charge in [0.15, 0.2) is 0 Å². The maximum atomic E-state index is 12.5. The zero-order chi connectivity index (χ0) is 12.4. The lowest BCUT2D eigenvalue weighted by Crippen LogP contribution is -2.37. The molecule has 96 valence electrons. The number of ether oxygens (including phenoxy) is 1. The van der Waals surface area contributed by atoms with Crippen LogP contribution in [0.15, 0.2) is 24.3 Å². The second-order valence-corrected chi connectivity index (χ2v) is 4.85. The topological polar surface area (TPSA) is 41.6 Å². The maximum absolute atomic E-state index is 12.5. The minimum atomic E-state index is 0.121. The number of benzene rings is 1. The zero-order valence-electron chi connectivity index (χ0n) is 10.4. The van der Waals surface area contributed by atoms with Gasteiger partial charge in [-0.2, -0.15) is 0 Å². The van der Waals surface area contributed by atoms with E-state index < -0.39 is 0 Å². The number of hydrogen-bond acceptors (Lipinski definition) is 3. The fraction of sp³-hybridized carbons (Fsp3) is 0.500. The summed E-state index contributed by atoms with van der Waals surface area (Å²) in [5, 5.41) is 3.25. The highest BCUT2D eigenvalue weighted by Crippen LogP contribution is 2.32. The van der Waals surface area contributed by atoms with E-state index in [-0.39, 0.29) is 11.8 Å². The van der Waals surface area contributed by atoms with Gasteiger partial charge in [0.2, 0.25) is 5.91 Å². The lowest BCUT2D eigenvalue weighted by atomic mass is 10.1. The van der Waals surface area contributed by atoms with Crippen LogP contribution in [0.1, 0.15) is 12.8 Å². The predicted octanol–water partition coefficient (Wildman–Crippen LogP) is 1.41. The van der Waals surface area contributed by atoms with E-state index in [0.717, 1.165) is 43.9 Å². The van der Waals surface area contributed by atoms with E-state index in [0.29, 0.717) is 6.61 Å². The third kappa shape index (κ3) is 2.08. The van der Waals surface area contributed by atoms with Crippen molar-refractivity contribution in [3.8, 4) is 5.75 Å². The molecule has 0 saturated carbocycles. The lowest BCUT2D eigenvalue weighted by Gasteiger charge is -2.24. The van der Waals surface area contributed by atoms with E-state index in [1.165, 1.54) is 0 Å². The van der Waals surface area contributed by atoms with Gasteiger partial charge in [-0.3, -0.25) is 4.79 Å². The Kier molecular flexibility index (Phi) is 3.19. The average Bonchev–Trinajstić information content (AvgIpc) is 2.85. The molecule has 2 aliphatic rings. The molecule has 2 heterocycles. The fourth-order valence-corrected chi connectivity index (χ4v) is 2.64. The molecule has 4 heteroatoms. The molecule has 18 heavy (non-hydrogen) atoms. The number of carbonyl (C=O) groups excluding carboxylic acids is 1. The number of rotatable bonds is 1. The van der Waals surface area contributed by atoms with Crippen LogP contribution in [0.2, 0.25) is 0 Å². The van der Waals surface area contributed by atoms with Crippen molar-refractivity contribution in [2.45, 2.75) is 12.8 Å². The molecule has 1 aromatic carbocycles. The monoisotopic (exact) mass is 246 g/mol. The molecule has 1 atom stereocenters. The van der Waals surface area contributed by atoms with Crippen molar-refractivity contribution >= 4 is 11.6 Å². The van der Waals surface area contributed by atoms with Gasteiger partial charge in [-0.15, -0.1) is 0 Å². The van der Waals surface area contributed by atoms with Crippen molar-refractivity contribution in [2.75, 3.05) is 31.1 Å². The van der Waals surface area contributed by atoms with Gasteiger partial charge in [0.25, 0.3) is 0 Å². The van der Waals surface area contributed by atoms with Crippen LogP contribution in [-0.4, -0.2) is 32.1 Å². The Bertz CT molecular complexity index is 441. The van der Waals surface area contributed by atoms with Crippen LogP contribution in [0.4, 0.5) is 5.69 Å². The molecule has 0 spiro atoms. The van der Waals surface area contributed by atoms with E-state index in [4.69, 9.17) is 4.74 Å². The van der Waals surface area contributed by atoms with Gasteiger partial charge in [-0.05, 0) is 31.5 Å². The minimum absolute atomic E-state index is 0.121. The summed E-state index contributed by atoms with van der Waals surface area (Å²) in [7, 11) is 0. The summed E-state index contributed by atoms with van der Waals surface area (Å²) in [5.41, 5.74) is 0.923. The van der Waals surface area contributed by atoms with Crippen molar-refractivity contribution in [2.24, 2.45) is 5.92 Å². The van der Waals surface area contributed by atoms with Crippen molar-refractivity contribution in [1.82, 2.24) is 5.32 Å². The number of hydrogen-bond donors (Lipinski definition) is 1. The Morgan fingerprint density at radius 3 is 3.11 bits per heavy atom. The number of para-hydroxylation sites is 2. The quantitative estimate of drug-likeness (QED) is 0.814. The molecule has 1 unspecified atom stereocenters. The predicted molar refractivity (Wildman–Crippen MR) is 69.9 cm³/mol. The van der Waals surface area contributed by atoms with E-state index in [1.54, 1.807) is 0 Å². The molecular weight excluding hydrogens is 228 g/mol. The Balaban J connectivity index is 1.88. The summed E-state index contributed by atoms with van der Waals surface area (Å²) in [6, 6.07) is 7.82. The van der Waals surface area contributed by atoms with Crippen LogP contribution in [0.5, 0.6) is 5.75 Å². The normalized spacial score (nSPS) is 23.1. The van der Waals surface area contributed by atoms with Crippen molar-refractivity contribution in [3.63, 3.8) is 0 Å². The van der Waals surface area contributed by atoms with Gasteiger partial charge < -0.3 is 15.0 Å². The third-order valence-corrected chi connectivity index (χ3v) is 3.62. The molecule has 1 saturated heterocycles. The minimum Gasteiger partial charge on any atom is -0.491 e. The second kappa shape index (κ2) is 4.98. The Hall–Kier alpha value is -1.55. The molecule has 1 amide bonds. The maximum Gasteiger partial charge on any atom is 0.231 e. The number of carbonyl (C=O) groups is 1. The number of anilines is 1. The van der Waals surface area contributed by atoms with Crippen molar-refractivity contribution < 1.29 is 9.53 Å². The number of amides is 1. The van der Waals surface area contributed by atoms with Crippen LogP contribution in [-0.2, 0) is 4.79 Å². The van der Waals surface area contributed by atoms with Crippen LogP contribution in [0.25, 0.3) is 0 Å². The molecule has 1 fully saturated rings. The van der Waals surface area contributed by atoms with Gasteiger partial charge in [-0.25, -0.2) is 0 Å². The molecular formula is C14H18N2O2. The fourth-order valence-electron chi connectivity index (χ4n) is 2.64. The van der Waals surface area contributed by atoms with E-state index in [9.17, 15) is 4.79 Å². The van der Waals surface area contributed by atoms with E-state index >= 15 is 0 Å². The zero-order valence-corrected chi connectivity index (χ0v) is 10.4. The van der Waals surface area contributed by atoms with Crippen LogP contribution < -0.4 is 15.0 Å². The Morgan fingerprint density at radius 1 is 1.39 bits per heavy atom. The van der Waals surface area contributed by atoms with E-state index in [1.807, 2.05) is 29.2 Å². The summed E-state index contributed by atoms with van der Waals surface area (Å²) in [4.78, 5) is 14.4. The summed E-state index contributed by atoms with van der Waals surface area (Å²) >= 11 is 0. The van der Waals surface area contributed by atoms with Crippen molar-refractivity contribution in [3.05, 3.63) is 24.3 Å². The molecule has 0 radical (unpaired) electrons. The molecule has 3 rings (SSSR count). The van der Waals surface area contributed by atoms with E-state index in [2.05, 4.69) is 5.32 Å². The summed E-state index contributed by atoms with van der Waals surface area (Å²) in [6.07, 6.45) is 1.83. The van der Waals surface area contributed by atoms with Gasteiger partial charge >= 0.3 is 0 Å². The number of nitrogens with one attached hydrogen (secondary N) is 1. The SMILES string of the molecule is O=C(C1CCNC1)N1CCCOc2ccccc21. The average molecular weight is 246 g/mol. The molecule has 0 aliphatic carbocycles. The number of nitrogens with zero attached hydrogens (tertiary/aromatic N) is 1. The first-order valence-electron chi connectivity index (χ1n) is 6.60. The van der Waals surface area contributed by atoms with Crippen molar-refractivity contribution in [1.29, 1.82) is 0 Å². The first-order valence-corrected chi connectivity index (χ1v) is 6.60. The summed E-state index contributed by atoms with van der Waals surface area (Å²) < 4.78 is 5.68. The largest absolute Gasteiger partial charge is 0.491 e. The Morgan fingerprint density at radius 2 is 2.28 bits per heavy atom. The molecule has 1 N–H and O–H groups in total. The highest BCUT2D eigenvalue weighted by Gasteiger charge is 2.30. The smallest absolute Gasteiger partial charge is 0.231 e. The van der Waals surface area contributed by atoms with Gasteiger partial charge in [0.1, 0.15) is 5.75 Å². The molecule has 1 aromatic rings. The Labute approximate surface area is 107 Å². The summed E-state index contributed by atoms with van der Waals surface area (Å²) in [5.74, 6) is 1.18. The first-order chi connectivity index (χ1) is 8.86. The third-order valence-electron chi connectivity index (χ3n) is 3.62. The van der Waals surface area contributed by atoms with Crippen LogP contribution in [0, 0.1) is 5.92 Å². The van der Waals surface area contributed by atoms with Crippen LogP contribution >= 0.6 is 0 Å². The highest BCUT2D eigenvalue weighted by molar-refractivity contribution is 5.96. The standard InChI is InChI=1S/C14H18N2O2/c17-14(11-6-7-15-10-11)16-8-3-9-18-13-5-2-1-4-12(13)16/h1-2,4-5,11,15H,3,6-10H2.